The molecule has 0 aromatic heterocycles. The first-order valence-corrected chi connectivity index (χ1v) is 6.16. The smallest absolute Gasteiger partial charge is 0.227 e. The summed E-state index contributed by atoms with van der Waals surface area (Å²) >= 11 is 0. The van der Waals surface area contributed by atoms with E-state index in [1.165, 1.54) is 12.8 Å². The Kier molecular flexibility index (Phi) is 3.36. The molecule has 0 saturated heterocycles. The molecule has 1 N–H and O–H groups in total. The lowest BCUT2D eigenvalue weighted by Crippen LogP contribution is -2.21. The minimum atomic E-state index is 0.142. The summed E-state index contributed by atoms with van der Waals surface area (Å²) in [7, 11) is 4.01. The van der Waals surface area contributed by atoms with Gasteiger partial charge >= 0.3 is 0 Å². The number of nitrogens with zero attached hydrogens (tertiary/aromatic N) is 1. The van der Waals surface area contributed by atoms with Crippen molar-refractivity contribution in [3.05, 3.63) is 24.3 Å². The predicted octanol–water partition coefficient (Wildman–Crippen LogP) is 2.74. The van der Waals surface area contributed by atoms with Crippen LogP contribution in [0.2, 0.25) is 0 Å². The quantitative estimate of drug-likeness (QED) is 0.865. The number of nitrogens with one attached hydrogen (secondary N) is 1. The molecule has 0 heterocycles. The van der Waals surface area contributed by atoms with Crippen LogP contribution in [0.25, 0.3) is 0 Å². The molecule has 0 radical (unpaired) electrons. The maximum absolute atomic E-state index is 11.9. The number of hydrogen-bond donors (Lipinski definition) is 1. The van der Waals surface area contributed by atoms with Crippen LogP contribution < -0.4 is 10.2 Å². The molecule has 3 nitrogen and oxygen atoms in total. The van der Waals surface area contributed by atoms with E-state index in [0.29, 0.717) is 5.92 Å². The fourth-order valence-corrected chi connectivity index (χ4v) is 1.91. The van der Waals surface area contributed by atoms with E-state index in [0.717, 1.165) is 11.4 Å². The van der Waals surface area contributed by atoms with Crippen molar-refractivity contribution in [1.29, 1.82) is 0 Å². The fraction of sp³-hybridized carbons (Fsp3) is 0.500. The highest BCUT2D eigenvalue weighted by Gasteiger charge is 2.32. The molecule has 1 aliphatic carbocycles. The van der Waals surface area contributed by atoms with Gasteiger partial charge < -0.3 is 10.2 Å². The normalized spacial score (nSPS) is 16.4. The Labute approximate surface area is 103 Å². The molecule has 0 spiro atoms. The number of rotatable bonds is 4. The molecule has 0 aliphatic heterocycles. The number of benzene rings is 1. The van der Waals surface area contributed by atoms with Crippen LogP contribution in [0.5, 0.6) is 0 Å². The molecule has 1 atom stereocenters. The van der Waals surface area contributed by atoms with Crippen molar-refractivity contribution in [3.8, 4) is 0 Å². The highest BCUT2D eigenvalue weighted by atomic mass is 16.1. The first-order valence-electron chi connectivity index (χ1n) is 6.16. The minimum Gasteiger partial charge on any atom is -0.378 e. The number of carbonyl (C=O) groups excluding carboxylic acids is 1. The molecule has 92 valence electrons. The Morgan fingerprint density at radius 1 is 1.29 bits per heavy atom. The third kappa shape index (κ3) is 2.99. The Bertz CT molecular complexity index is 393. The van der Waals surface area contributed by atoms with Crippen molar-refractivity contribution >= 4 is 17.3 Å². The second kappa shape index (κ2) is 4.78. The van der Waals surface area contributed by atoms with Crippen molar-refractivity contribution in [2.45, 2.75) is 19.8 Å². The first-order chi connectivity index (χ1) is 8.08. The summed E-state index contributed by atoms with van der Waals surface area (Å²) in [5.41, 5.74) is 2.02. The number of anilines is 2. The summed E-state index contributed by atoms with van der Waals surface area (Å²) in [5, 5.41) is 2.97. The highest BCUT2D eigenvalue weighted by molar-refractivity contribution is 5.92. The Balaban J connectivity index is 1.96. The SMILES string of the molecule is CC(C(=O)Nc1ccc(N(C)C)cc1)C1CC1. The highest BCUT2D eigenvalue weighted by Crippen LogP contribution is 2.37. The van der Waals surface area contributed by atoms with Gasteiger partial charge in [-0.25, -0.2) is 0 Å². The van der Waals surface area contributed by atoms with Crippen molar-refractivity contribution in [2.75, 3.05) is 24.3 Å². The third-order valence-corrected chi connectivity index (χ3v) is 3.39. The van der Waals surface area contributed by atoms with Crippen molar-refractivity contribution in [3.63, 3.8) is 0 Å². The van der Waals surface area contributed by atoms with E-state index < -0.39 is 0 Å². The summed E-state index contributed by atoms with van der Waals surface area (Å²) in [5.74, 6) is 0.893. The van der Waals surface area contributed by atoms with Gasteiger partial charge in [0.25, 0.3) is 0 Å². The van der Waals surface area contributed by atoms with Gasteiger partial charge in [-0.15, -0.1) is 0 Å². The van der Waals surface area contributed by atoms with E-state index in [2.05, 4.69) is 5.32 Å². The molecule has 0 bridgehead atoms. The van der Waals surface area contributed by atoms with E-state index in [-0.39, 0.29) is 11.8 Å². The van der Waals surface area contributed by atoms with Gasteiger partial charge in [0.05, 0.1) is 0 Å². The maximum Gasteiger partial charge on any atom is 0.227 e. The largest absolute Gasteiger partial charge is 0.378 e. The monoisotopic (exact) mass is 232 g/mol. The van der Waals surface area contributed by atoms with Gasteiger partial charge in [0.15, 0.2) is 0 Å². The number of amides is 1. The molecule has 3 heteroatoms. The lowest BCUT2D eigenvalue weighted by Gasteiger charge is -2.14. The molecule has 1 unspecified atom stereocenters. The summed E-state index contributed by atoms with van der Waals surface area (Å²) in [6.07, 6.45) is 2.41. The first kappa shape index (κ1) is 12.0. The Hall–Kier alpha value is -1.51. The topological polar surface area (TPSA) is 32.3 Å². The molecular formula is C14H20N2O. The van der Waals surface area contributed by atoms with Crippen LogP contribution in [-0.4, -0.2) is 20.0 Å². The van der Waals surface area contributed by atoms with Crippen molar-refractivity contribution in [1.82, 2.24) is 0 Å². The number of carbonyl (C=O) groups is 1. The van der Waals surface area contributed by atoms with Gasteiger partial charge in [0.2, 0.25) is 5.91 Å². The van der Waals surface area contributed by atoms with Gasteiger partial charge in [-0.3, -0.25) is 4.79 Å². The average molecular weight is 232 g/mol. The zero-order valence-electron chi connectivity index (χ0n) is 10.7. The zero-order valence-corrected chi connectivity index (χ0v) is 10.7. The summed E-state index contributed by atoms with van der Waals surface area (Å²) in [4.78, 5) is 13.9. The third-order valence-electron chi connectivity index (χ3n) is 3.39. The molecule has 1 fully saturated rings. The van der Waals surface area contributed by atoms with E-state index in [4.69, 9.17) is 0 Å². The predicted molar refractivity (Wildman–Crippen MR) is 71.3 cm³/mol. The maximum atomic E-state index is 11.9. The number of hydrogen-bond acceptors (Lipinski definition) is 2. The van der Waals surface area contributed by atoms with Crippen LogP contribution >= 0.6 is 0 Å². The van der Waals surface area contributed by atoms with Crippen LogP contribution in [0.4, 0.5) is 11.4 Å². The molecular weight excluding hydrogens is 212 g/mol. The molecule has 1 amide bonds. The molecule has 1 aromatic carbocycles. The Morgan fingerprint density at radius 3 is 2.35 bits per heavy atom. The van der Waals surface area contributed by atoms with Crippen LogP contribution in [0.15, 0.2) is 24.3 Å². The standard InChI is InChI=1S/C14H20N2O/c1-10(11-4-5-11)14(17)15-12-6-8-13(9-7-12)16(2)3/h6-11H,4-5H2,1-3H3,(H,15,17). The van der Waals surface area contributed by atoms with E-state index in [9.17, 15) is 4.79 Å². The van der Waals surface area contributed by atoms with Gasteiger partial charge in [0, 0.05) is 31.4 Å². The summed E-state index contributed by atoms with van der Waals surface area (Å²) in [6, 6.07) is 7.93. The van der Waals surface area contributed by atoms with E-state index in [1.54, 1.807) is 0 Å². The molecule has 1 saturated carbocycles. The van der Waals surface area contributed by atoms with Gasteiger partial charge in [-0.2, -0.15) is 0 Å². The minimum absolute atomic E-state index is 0.142. The molecule has 1 aliphatic rings. The molecule has 1 aromatic rings. The van der Waals surface area contributed by atoms with Crippen LogP contribution in [0, 0.1) is 11.8 Å². The lowest BCUT2D eigenvalue weighted by molar-refractivity contribution is -0.119. The molecule has 2 rings (SSSR count). The van der Waals surface area contributed by atoms with Crippen molar-refractivity contribution in [2.24, 2.45) is 11.8 Å². The fourth-order valence-electron chi connectivity index (χ4n) is 1.91. The van der Waals surface area contributed by atoms with Crippen LogP contribution in [-0.2, 0) is 4.79 Å². The van der Waals surface area contributed by atoms with Gasteiger partial charge in [0.1, 0.15) is 0 Å². The Morgan fingerprint density at radius 2 is 1.88 bits per heavy atom. The zero-order chi connectivity index (χ0) is 12.4. The summed E-state index contributed by atoms with van der Waals surface area (Å²) < 4.78 is 0. The van der Waals surface area contributed by atoms with Crippen LogP contribution in [0.3, 0.4) is 0 Å². The second-order valence-corrected chi connectivity index (χ2v) is 5.06. The van der Waals surface area contributed by atoms with E-state index >= 15 is 0 Å². The second-order valence-electron chi connectivity index (χ2n) is 5.06. The average Bonchev–Trinajstić information content (AvgIpc) is 3.12. The lowest BCUT2D eigenvalue weighted by atomic mass is 10.1. The van der Waals surface area contributed by atoms with Crippen LogP contribution in [0.1, 0.15) is 19.8 Å². The van der Waals surface area contributed by atoms with Gasteiger partial charge in [-0.05, 0) is 43.0 Å². The molecule has 17 heavy (non-hydrogen) atoms. The van der Waals surface area contributed by atoms with Gasteiger partial charge in [-0.1, -0.05) is 6.92 Å². The van der Waals surface area contributed by atoms with Crippen molar-refractivity contribution < 1.29 is 4.79 Å². The summed E-state index contributed by atoms with van der Waals surface area (Å²) in [6.45, 7) is 2.02. The van der Waals surface area contributed by atoms with E-state index in [1.807, 2.05) is 50.2 Å².